The van der Waals surface area contributed by atoms with Crippen molar-refractivity contribution in [2.45, 2.75) is 12.6 Å². The zero-order chi connectivity index (χ0) is 14.1. The van der Waals surface area contributed by atoms with Crippen LogP contribution >= 0.6 is 0 Å². The van der Waals surface area contributed by atoms with E-state index in [4.69, 9.17) is 0 Å². The molecular weight excluding hydrogens is 264 g/mol. The molecule has 1 aliphatic heterocycles. The van der Waals surface area contributed by atoms with Crippen molar-refractivity contribution in [2.75, 3.05) is 6.54 Å². The van der Waals surface area contributed by atoms with Gasteiger partial charge < -0.3 is 9.88 Å². The zero-order valence-corrected chi connectivity index (χ0v) is 11.3. The van der Waals surface area contributed by atoms with E-state index in [-0.39, 0.29) is 6.04 Å². The van der Waals surface area contributed by atoms with E-state index >= 15 is 0 Å². The molecule has 6 nitrogen and oxygen atoms in total. The first-order chi connectivity index (χ1) is 10.4. The Kier molecular flexibility index (Phi) is 2.93. The molecule has 3 aromatic heterocycles. The third-order valence-corrected chi connectivity index (χ3v) is 3.68. The largest absolute Gasteiger partial charge is 0.308 e. The molecule has 1 N–H and O–H groups in total. The number of hydrogen-bond donors (Lipinski definition) is 1. The average Bonchev–Trinajstić information content (AvgIpc) is 3.00. The summed E-state index contributed by atoms with van der Waals surface area (Å²) in [6.07, 6.45) is 7.20. The normalized spacial score (nSPS) is 17.4. The quantitative estimate of drug-likeness (QED) is 0.768. The number of aromatic nitrogens is 5. The zero-order valence-electron chi connectivity index (χ0n) is 11.3. The fourth-order valence-corrected chi connectivity index (χ4v) is 2.69. The molecule has 0 amide bonds. The van der Waals surface area contributed by atoms with Gasteiger partial charge >= 0.3 is 0 Å². The van der Waals surface area contributed by atoms with Crippen LogP contribution in [0.25, 0.3) is 11.4 Å². The first-order valence-corrected chi connectivity index (χ1v) is 6.90. The average molecular weight is 278 g/mol. The molecule has 0 saturated carbocycles. The van der Waals surface area contributed by atoms with Crippen LogP contribution in [0.3, 0.4) is 0 Å². The molecule has 4 rings (SSSR count). The van der Waals surface area contributed by atoms with Gasteiger partial charge in [0.15, 0.2) is 11.6 Å². The number of pyridine rings is 2. The van der Waals surface area contributed by atoms with Crippen LogP contribution in [0.1, 0.15) is 17.4 Å². The lowest BCUT2D eigenvalue weighted by atomic mass is 10.1. The van der Waals surface area contributed by atoms with Gasteiger partial charge in [-0.05, 0) is 23.8 Å². The molecule has 1 aliphatic rings. The number of hydrogen-bond acceptors (Lipinski definition) is 5. The molecule has 0 saturated heterocycles. The minimum atomic E-state index is 0.0375. The molecule has 1 unspecified atom stereocenters. The van der Waals surface area contributed by atoms with Gasteiger partial charge in [0.2, 0.25) is 0 Å². The summed E-state index contributed by atoms with van der Waals surface area (Å²) in [5.41, 5.74) is 2.14. The van der Waals surface area contributed by atoms with E-state index in [9.17, 15) is 0 Å². The molecule has 0 fully saturated rings. The Morgan fingerprint density at radius 3 is 2.76 bits per heavy atom. The van der Waals surface area contributed by atoms with E-state index < -0.39 is 0 Å². The summed E-state index contributed by atoms with van der Waals surface area (Å²) in [5.74, 6) is 1.82. The van der Waals surface area contributed by atoms with Gasteiger partial charge in [-0.15, -0.1) is 10.2 Å². The maximum atomic E-state index is 4.39. The third-order valence-electron chi connectivity index (χ3n) is 3.68. The van der Waals surface area contributed by atoms with Crippen molar-refractivity contribution < 1.29 is 0 Å². The summed E-state index contributed by atoms with van der Waals surface area (Å²) in [7, 11) is 0. The summed E-state index contributed by atoms with van der Waals surface area (Å²) in [6.45, 7) is 1.74. The van der Waals surface area contributed by atoms with Crippen molar-refractivity contribution in [3.63, 3.8) is 0 Å². The molecular formula is C15H14N6. The van der Waals surface area contributed by atoms with Crippen molar-refractivity contribution in [1.29, 1.82) is 0 Å². The third kappa shape index (κ3) is 2.09. The Labute approximate surface area is 121 Å². The van der Waals surface area contributed by atoms with Gasteiger partial charge in [0.05, 0.1) is 6.04 Å². The molecule has 0 spiro atoms. The first-order valence-electron chi connectivity index (χ1n) is 6.90. The topological polar surface area (TPSA) is 68.5 Å². The van der Waals surface area contributed by atoms with Crippen molar-refractivity contribution in [2.24, 2.45) is 0 Å². The number of fused-ring (bicyclic) bond motifs is 1. The molecule has 1 atom stereocenters. The Balaban J connectivity index is 1.79. The van der Waals surface area contributed by atoms with E-state index in [1.807, 2.05) is 24.4 Å². The summed E-state index contributed by atoms with van der Waals surface area (Å²) in [6, 6.07) is 7.95. The fraction of sp³-hybridized carbons (Fsp3) is 0.200. The fourth-order valence-electron chi connectivity index (χ4n) is 2.69. The molecule has 0 bridgehead atoms. The van der Waals surface area contributed by atoms with E-state index in [2.05, 4.69) is 36.1 Å². The maximum absolute atomic E-state index is 4.39. The second-order valence-electron chi connectivity index (χ2n) is 4.94. The second kappa shape index (κ2) is 5.06. The van der Waals surface area contributed by atoms with Crippen molar-refractivity contribution >= 4 is 0 Å². The van der Waals surface area contributed by atoms with Gasteiger partial charge in [0, 0.05) is 43.4 Å². The second-order valence-corrected chi connectivity index (χ2v) is 4.94. The number of rotatable bonds is 2. The van der Waals surface area contributed by atoms with Gasteiger partial charge in [0.1, 0.15) is 0 Å². The Morgan fingerprint density at radius 1 is 1.05 bits per heavy atom. The van der Waals surface area contributed by atoms with Gasteiger partial charge in [0.25, 0.3) is 0 Å². The smallest absolute Gasteiger partial charge is 0.164 e. The minimum Gasteiger partial charge on any atom is -0.308 e. The molecule has 6 heteroatoms. The van der Waals surface area contributed by atoms with Crippen LogP contribution in [0, 0.1) is 0 Å². The number of nitrogens with one attached hydrogen (secondary N) is 1. The lowest BCUT2D eigenvalue weighted by molar-refractivity contribution is 0.457. The molecule has 0 aliphatic carbocycles. The summed E-state index contributed by atoms with van der Waals surface area (Å²) in [4.78, 5) is 8.24. The number of nitrogens with zero attached hydrogens (tertiary/aromatic N) is 5. The highest BCUT2D eigenvalue weighted by Gasteiger charge is 2.26. The standard InChI is InChI=1S/C15H14N6/c1-2-12(10-17-5-1)13-15-20-19-14(21(15)9-8-18-13)11-3-6-16-7-4-11/h1-7,10,13,18H,8-9H2. The van der Waals surface area contributed by atoms with Crippen molar-refractivity contribution in [1.82, 2.24) is 30.0 Å². The predicted molar refractivity (Wildman–Crippen MR) is 77.3 cm³/mol. The molecule has 3 aromatic rings. The highest BCUT2D eigenvalue weighted by atomic mass is 15.3. The Bertz CT molecular complexity index is 737. The van der Waals surface area contributed by atoms with E-state index in [0.717, 1.165) is 35.9 Å². The lowest BCUT2D eigenvalue weighted by Crippen LogP contribution is -2.34. The van der Waals surface area contributed by atoms with E-state index in [0.29, 0.717) is 0 Å². The molecule has 0 aromatic carbocycles. The van der Waals surface area contributed by atoms with Crippen molar-refractivity contribution in [3.8, 4) is 11.4 Å². The summed E-state index contributed by atoms with van der Waals surface area (Å²) >= 11 is 0. The van der Waals surface area contributed by atoms with Crippen LogP contribution in [-0.2, 0) is 6.54 Å². The molecule has 4 heterocycles. The first kappa shape index (κ1) is 12.2. The van der Waals surface area contributed by atoms with Crippen LogP contribution in [0.5, 0.6) is 0 Å². The van der Waals surface area contributed by atoms with Gasteiger partial charge in [-0.2, -0.15) is 0 Å². The van der Waals surface area contributed by atoms with Crippen LogP contribution < -0.4 is 5.32 Å². The van der Waals surface area contributed by atoms with Gasteiger partial charge in [-0.1, -0.05) is 6.07 Å². The molecule has 21 heavy (non-hydrogen) atoms. The molecule has 0 radical (unpaired) electrons. The highest BCUT2D eigenvalue weighted by Crippen LogP contribution is 2.27. The maximum Gasteiger partial charge on any atom is 0.164 e. The van der Waals surface area contributed by atoms with Crippen LogP contribution in [0.4, 0.5) is 0 Å². The molecule has 104 valence electrons. The monoisotopic (exact) mass is 278 g/mol. The Morgan fingerprint density at radius 2 is 1.95 bits per heavy atom. The Hall–Kier alpha value is -2.60. The van der Waals surface area contributed by atoms with Crippen LogP contribution in [0.2, 0.25) is 0 Å². The predicted octanol–water partition coefficient (Wildman–Crippen LogP) is 1.43. The van der Waals surface area contributed by atoms with E-state index in [1.165, 1.54) is 0 Å². The van der Waals surface area contributed by atoms with Crippen LogP contribution in [-0.4, -0.2) is 31.3 Å². The SMILES string of the molecule is c1cncc(C2NCCn3c(-c4ccncc4)nnc32)c1. The van der Waals surface area contributed by atoms with Gasteiger partial charge in [-0.25, -0.2) is 0 Å². The van der Waals surface area contributed by atoms with Gasteiger partial charge in [-0.3, -0.25) is 9.97 Å². The highest BCUT2D eigenvalue weighted by molar-refractivity contribution is 5.54. The summed E-state index contributed by atoms with van der Waals surface area (Å²) in [5, 5.41) is 12.2. The lowest BCUT2D eigenvalue weighted by Gasteiger charge is -2.25. The van der Waals surface area contributed by atoms with Crippen molar-refractivity contribution in [3.05, 3.63) is 60.4 Å². The summed E-state index contributed by atoms with van der Waals surface area (Å²) < 4.78 is 2.17. The minimum absolute atomic E-state index is 0.0375. The van der Waals surface area contributed by atoms with Crippen LogP contribution in [0.15, 0.2) is 49.1 Å². The van der Waals surface area contributed by atoms with E-state index in [1.54, 1.807) is 18.6 Å².